The molecule has 0 aliphatic heterocycles. The van der Waals surface area contributed by atoms with Gasteiger partial charge >= 0.3 is 0 Å². The van der Waals surface area contributed by atoms with Gasteiger partial charge in [-0.05, 0) is 37.1 Å². The zero-order valence-electron chi connectivity index (χ0n) is 14.9. The first kappa shape index (κ1) is 19.9. The number of nitrogens with zero attached hydrogens (tertiary/aromatic N) is 1. The number of pyridine rings is 1. The van der Waals surface area contributed by atoms with Crippen molar-refractivity contribution in [3.05, 3.63) is 53.9 Å². The monoisotopic (exact) mass is 377 g/mol. The van der Waals surface area contributed by atoms with E-state index < -0.39 is 10.0 Å². The van der Waals surface area contributed by atoms with Crippen LogP contribution >= 0.6 is 0 Å². The van der Waals surface area contributed by atoms with Crippen molar-refractivity contribution in [2.45, 2.75) is 24.7 Å². The lowest BCUT2D eigenvalue weighted by Gasteiger charge is -2.10. The van der Waals surface area contributed by atoms with Crippen molar-refractivity contribution >= 4 is 15.9 Å². The molecule has 2 aromatic rings. The first-order valence-corrected chi connectivity index (χ1v) is 9.70. The fourth-order valence-corrected chi connectivity index (χ4v) is 3.41. The van der Waals surface area contributed by atoms with Crippen LogP contribution in [0.15, 0.2) is 47.6 Å². The number of methoxy groups -OCH3 is 1. The van der Waals surface area contributed by atoms with Gasteiger partial charge in [0, 0.05) is 31.9 Å². The van der Waals surface area contributed by atoms with Gasteiger partial charge in [-0.15, -0.1) is 0 Å². The number of amides is 1. The van der Waals surface area contributed by atoms with E-state index in [1.807, 2.05) is 25.1 Å². The number of hydrogen-bond acceptors (Lipinski definition) is 5. The lowest BCUT2D eigenvalue weighted by molar-refractivity contribution is -0.120. The van der Waals surface area contributed by atoms with Crippen LogP contribution in [0.25, 0.3) is 0 Å². The minimum Gasteiger partial charge on any atom is -0.496 e. The van der Waals surface area contributed by atoms with Gasteiger partial charge in [-0.2, -0.15) is 0 Å². The summed E-state index contributed by atoms with van der Waals surface area (Å²) in [5.74, 6) is 0.569. The molecule has 0 radical (unpaired) electrons. The summed E-state index contributed by atoms with van der Waals surface area (Å²) in [5, 5.41) is 2.79. The quantitative estimate of drug-likeness (QED) is 0.689. The van der Waals surface area contributed by atoms with E-state index in [0.717, 1.165) is 16.9 Å². The molecule has 0 saturated carbocycles. The summed E-state index contributed by atoms with van der Waals surface area (Å²) in [6, 6.07) is 8.88. The Bertz CT molecular complexity index is 839. The third kappa shape index (κ3) is 5.82. The topological polar surface area (TPSA) is 97.4 Å². The van der Waals surface area contributed by atoms with Crippen LogP contribution in [0.3, 0.4) is 0 Å². The summed E-state index contributed by atoms with van der Waals surface area (Å²) in [7, 11) is -2.03. The summed E-state index contributed by atoms with van der Waals surface area (Å²) >= 11 is 0. The second-order valence-electron chi connectivity index (χ2n) is 5.75. The molecule has 1 heterocycles. The summed E-state index contributed by atoms with van der Waals surface area (Å²) in [5.41, 5.74) is 2.14. The Morgan fingerprint density at radius 2 is 2.04 bits per heavy atom. The van der Waals surface area contributed by atoms with Gasteiger partial charge in [0.2, 0.25) is 15.9 Å². The highest BCUT2D eigenvalue weighted by molar-refractivity contribution is 7.89. The van der Waals surface area contributed by atoms with E-state index in [1.165, 1.54) is 18.5 Å². The van der Waals surface area contributed by atoms with Crippen LogP contribution in [-0.4, -0.2) is 39.5 Å². The molecule has 0 aliphatic carbocycles. The number of hydrogen-bond donors (Lipinski definition) is 2. The Morgan fingerprint density at radius 3 is 2.73 bits per heavy atom. The normalized spacial score (nSPS) is 11.2. The number of sulfonamides is 1. The predicted molar refractivity (Wildman–Crippen MR) is 98.5 cm³/mol. The molecule has 8 heteroatoms. The molecular weight excluding hydrogens is 354 g/mol. The highest BCUT2D eigenvalue weighted by atomic mass is 32.2. The third-order valence-electron chi connectivity index (χ3n) is 3.74. The molecule has 0 spiro atoms. The van der Waals surface area contributed by atoms with Gasteiger partial charge in [0.25, 0.3) is 0 Å². The maximum Gasteiger partial charge on any atom is 0.242 e. The standard InChI is InChI=1S/C18H23N3O4S/c1-14-5-6-17(25-2)15(12-14)7-10-20-18(22)8-11-21-26(23,24)16-4-3-9-19-13-16/h3-6,9,12-13,21H,7-8,10-11H2,1-2H3,(H,20,22). The van der Waals surface area contributed by atoms with E-state index in [2.05, 4.69) is 15.0 Å². The minimum absolute atomic E-state index is 0.0246. The molecule has 0 unspecified atom stereocenters. The van der Waals surface area contributed by atoms with E-state index in [4.69, 9.17) is 4.74 Å². The fraction of sp³-hybridized carbons (Fsp3) is 0.333. The van der Waals surface area contributed by atoms with Crippen molar-refractivity contribution < 1.29 is 17.9 Å². The molecule has 1 amide bonds. The van der Waals surface area contributed by atoms with Crippen LogP contribution in [0, 0.1) is 6.92 Å². The van der Waals surface area contributed by atoms with E-state index in [0.29, 0.717) is 13.0 Å². The summed E-state index contributed by atoms with van der Waals surface area (Å²) in [4.78, 5) is 15.7. The zero-order chi connectivity index (χ0) is 19.0. The average molecular weight is 377 g/mol. The molecule has 26 heavy (non-hydrogen) atoms. The van der Waals surface area contributed by atoms with Crippen molar-refractivity contribution in [3.8, 4) is 5.75 Å². The molecule has 0 aliphatic rings. The van der Waals surface area contributed by atoms with Crippen LogP contribution in [0.1, 0.15) is 17.5 Å². The molecule has 2 N–H and O–H groups in total. The lowest BCUT2D eigenvalue weighted by Crippen LogP contribution is -2.31. The van der Waals surface area contributed by atoms with Crippen molar-refractivity contribution in [1.29, 1.82) is 0 Å². The number of benzene rings is 1. The zero-order valence-corrected chi connectivity index (χ0v) is 15.7. The fourth-order valence-electron chi connectivity index (χ4n) is 2.42. The van der Waals surface area contributed by atoms with E-state index in [9.17, 15) is 13.2 Å². The molecule has 0 fully saturated rings. The lowest BCUT2D eigenvalue weighted by atomic mass is 10.1. The van der Waals surface area contributed by atoms with Gasteiger partial charge in [-0.25, -0.2) is 13.1 Å². The Balaban J connectivity index is 1.75. The van der Waals surface area contributed by atoms with Crippen molar-refractivity contribution in [2.24, 2.45) is 0 Å². The number of aryl methyl sites for hydroxylation is 1. The Kier molecular flexibility index (Phi) is 7.11. The number of aromatic nitrogens is 1. The van der Waals surface area contributed by atoms with Gasteiger partial charge < -0.3 is 10.1 Å². The number of nitrogens with one attached hydrogen (secondary N) is 2. The molecule has 7 nitrogen and oxygen atoms in total. The molecule has 140 valence electrons. The molecule has 1 aromatic carbocycles. The van der Waals surface area contributed by atoms with E-state index in [1.54, 1.807) is 13.2 Å². The minimum atomic E-state index is -3.64. The summed E-state index contributed by atoms with van der Waals surface area (Å²) in [6.07, 6.45) is 3.45. The third-order valence-corrected chi connectivity index (χ3v) is 5.19. The number of carbonyl (C=O) groups is 1. The summed E-state index contributed by atoms with van der Waals surface area (Å²) < 4.78 is 31.7. The second-order valence-corrected chi connectivity index (χ2v) is 7.52. The van der Waals surface area contributed by atoms with Crippen LogP contribution in [0.5, 0.6) is 5.75 Å². The highest BCUT2D eigenvalue weighted by Crippen LogP contribution is 2.19. The molecule has 0 atom stereocenters. The van der Waals surface area contributed by atoms with Gasteiger partial charge in [0.1, 0.15) is 10.6 Å². The first-order valence-electron chi connectivity index (χ1n) is 8.22. The van der Waals surface area contributed by atoms with Crippen LogP contribution < -0.4 is 14.8 Å². The average Bonchev–Trinajstić information content (AvgIpc) is 2.62. The van der Waals surface area contributed by atoms with Crippen molar-refractivity contribution in [3.63, 3.8) is 0 Å². The van der Waals surface area contributed by atoms with Crippen LogP contribution in [0.4, 0.5) is 0 Å². The molecule has 0 bridgehead atoms. The van der Waals surface area contributed by atoms with Gasteiger partial charge in [0.15, 0.2) is 0 Å². The Hall–Kier alpha value is -2.45. The Labute approximate surface area is 153 Å². The number of ether oxygens (including phenoxy) is 1. The largest absolute Gasteiger partial charge is 0.496 e. The molecular formula is C18H23N3O4S. The number of carbonyl (C=O) groups excluding carboxylic acids is 1. The van der Waals surface area contributed by atoms with E-state index in [-0.39, 0.29) is 23.8 Å². The number of rotatable bonds is 9. The smallest absolute Gasteiger partial charge is 0.242 e. The second kappa shape index (κ2) is 9.30. The van der Waals surface area contributed by atoms with E-state index >= 15 is 0 Å². The summed E-state index contributed by atoms with van der Waals surface area (Å²) in [6.45, 7) is 2.47. The van der Waals surface area contributed by atoms with Crippen molar-refractivity contribution in [1.82, 2.24) is 15.0 Å². The first-order chi connectivity index (χ1) is 12.4. The highest BCUT2D eigenvalue weighted by Gasteiger charge is 2.14. The maximum atomic E-state index is 12.0. The van der Waals surface area contributed by atoms with Gasteiger partial charge in [0.05, 0.1) is 7.11 Å². The van der Waals surface area contributed by atoms with Crippen LogP contribution in [0.2, 0.25) is 0 Å². The Morgan fingerprint density at radius 1 is 1.23 bits per heavy atom. The van der Waals surface area contributed by atoms with Crippen LogP contribution in [-0.2, 0) is 21.2 Å². The predicted octanol–water partition coefficient (Wildman–Crippen LogP) is 1.43. The van der Waals surface area contributed by atoms with Gasteiger partial charge in [-0.3, -0.25) is 9.78 Å². The molecule has 2 rings (SSSR count). The molecule has 0 saturated heterocycles. The maximum absolute atomic E-state index is 12.0. The molecule has 1 aromatic heterocycles. The SMILES string of the molecule is COc1ccc(C)cc1CCNC(=O)CCNS(=O)(=O)c1cccnc1. The van der Waals surface area contributed by atoms with Crippen molar-refractivity contribution in [2.75, 3.05) is 20.2 Å². The van der Waals surface area contributed by atoms with Gasteiger partial charge in [-0.1, -0.05) is 17.7 Å².